The van der Waals surface area contributed by atoms with E-state index in [0.29, 0.717) is 6.42 Å². The third kappa shape index (κ3) is 3.06. The Hall–Kier alpha value is -1.03. The lowest BCUT2D eigenvalue weighted by molar-refractivity contribution is -0.138. The number of hydrogen-bond donors (Lipinski definition) is 2. The zero-order valence-corrected chi connectivity index (χ0v) is 7.40. The molecule has 1 heterocycles. The van der Waals surface area contributed by atoms with Crippen molar-refractivity contribution in [3.8, 4) is 0 Å². The third-order valence-corrected chi connectivity index (χ3v) is 2.01. The van der Waals surface area contributed by atoms with E-state index in [4.69, 9.17) is 14.9 Å². The van der Waals surface area contributed by atoms with Gasteiger partial charge in [0.1, 0.15) is 0 Å². The standard InChI is InChI=1S/C9H14O4/c10-6-2-4-7-3-1-5-8(13-7)9(11)12/h5,7,10H,1-4,6H2,(H,11,12). The SMILES string of the molecule is O=C(O)C1=CCCC(CCCO)O1. The molecule has 74 valence electrons. The highest BCUT2D eigenvalue weighted by Gasteiger charge is 2.19. The fourth-order valence-corrected chi connectivity index (χ4v) is 1.35. The summed E-state index contributed by atoms with van der Waals surface area (Å²) in [6, 6.07) is 0. The van der Waals surface area contributed by atoms with Gasteiger partial charge in [-0.2, -0.15) is 0 Å². The minimum Gasteiger partial charge on any atom is -0.483 e. The number of carbonyl (C=O) groups is 1. The van der Waals surface area contributed by atoms with Crippen molar-refractivity contribution in [1.29, 1.82) is 0 Å². The van der Waals surface area contributed by atoms with E-state index >= 15 is 0 Å². The fraction of sp³-hybridized carbons (Fsp3) is 0.667. The maximum Gasteiger partial charge on any atom is 0.370 e. The normalized spacial score (nSPS) is 21.9. The molecular formula is C9H14O4. The van der Waals surface area contributed by atoms with E-state index in [1.165, 1.54) is 0 Å². The van der Waals surface area contributed by atoms with Gasteiger partial charge in [0.05, 0.1) is 6.10 Å². The molecule has 0 aliphatic carbocycles. The zero-order chi connectivity index (χ0) is 9.68. The number of ether oxygens (including phenoxy) is 1. The molecule has 4 nitrogen and oxygen atoms in total. The maximum absolute atomic E-state index is 10.5. The molecule has 0 aromatic carbocycles. The van der Waals surface area contributed by atoms with Crippen LogP contribution in [0, 0.1) is 0 Å². The van der Waals surface area contributed by atoms with Crippen molar-refractivity contribution in [3.63, 3.8) is 0 Å². The second kappa shape index (κ2) is 4.87. The van der Waals surface area contributed by atoms with Crippen molar-refractivity contribution in [2.75, 3.05) is 6.61 Å². The van der Waals surface area contributed by atoms with E-state index in [1.807, 2.05) is 0 Å². The van der Waals surface area contributed by atoms with Gasteiger partial charge in [-0.05, 0) is 31.8 Å². The molecule has 0 saturated heterocycles. The van der Waals surface area contributed by atoms with E-state index < -0.39 is 5.97 Å². The van der Waals surface area contributed by atoms with Crippen LogP contribution in [0.2, 0.25) is 0 Å². The number of aliphatic carboxylic acids is 1. The van der Waals surface area contributed by atoms with Gasteiger partial charge < -0.3 is 14.9 Å². The van der Waals surface area contributed by atoms with E-state index in [1.54, 1.807) is 6.08 Å². The molecule has 0 spiro atoms. The molecule has 4 heteroatoms. The van der Waals surface area contributed by atoms with Crippen molar-refractivity contribution in [1.82, 2.24) is 0 Å². The van der Waals surface area contributed by atoms with Gasteiger partial charge in [0.15, 0.2) is 0 Å². The lowest BCUT2D eigenvalue weighted by atomic mass is 10.1. The Morgan fingerprint density at radius 3 is 3.08 bits per heavy atom. The van der Waals surface area contributed by atoms with Crippen LogP contribution >= 0.6 is 0 Å². The highest BCUT2D eigenvalue weighted by molar-refractivity contribution is 5.84. The van der Waals surface area contributed by atoms with Gasteiger partial charge >= 0.3 is 5.97 Å². The van der Waals surface area contributed by atoms with Gasteiger partial charge in [-0.1, -0.05) is 0 Å². The molecule has 1 rings (SSSR count). The number of hydrogen-bond acceptors (Lipinski definition) is 3. The smallest absolute Gasteiger partial charge is 0.370 e. The summed E-state index contributed by atoms with van der Waals surface area (Å²) < 4.78 is 5.20. The minimum absolute atomic E-state index is 0.0387. The van der Waals surface area contributed by atoms with Crippen LogP contribution in [0.25, 0.3) is 0 Å². The maximum atomic E-state index is 10.5. The molecule has 0 fully saturated rings. The Labute approximate surface area is 76.8 Å². The van der Waals surface area contributed by atoms with Crippen molar-refractivity contribution in [2.24, 2.45) is 0 Å². The second-order valence-corrected chi connectivity index (χ2v) is 3.06. The lowest BCUT2D eigenvalue weighted by Crippen LogP contribution is -2.20. The van der Waals surface area contributed by atoms with Gasteiger partial charge in [-0.25, -0.2) is 4.79 Å². The number of carboxylic acids is 1. The van der Waals surface area contributed by atoms with Crippen LogP contribution < -0.4 is 0 Å². The summed E-state index contributed by atoms with van der Waals surface area (Å²) in [5.41, 5.74) is 0. The Morgan fingerprint density at radius 2 is 2.46 bits per heavy atom. The van der Waals surface area contributed by atoms with Crippen molar-refractivity contribution < 1.29 is 19.7 Å². The highest BCUT2D eigenvalue weighted by atomic mass is 16.5. The molecule has 2 N–H and O–H groups in total. The Balaban J connectivity index is 2.38. The summed E-state index contributed by atoms with van der Waals surface area (Å²) in [6.07, 6.45) is 4.54. The first kappa shape index (κ1) is 10.1. The fourth-order valence-electron chi connectivity index (χ4n) is 1.35. The molecule has 1 aliphatic heterocycles. The molecule has 0 amide bonds. The predicted molar refractivity (Wildman–Crippen MR) is 46.1 cm³/mol. The zero-order valence-electron chi connectivity index (χ0n) is 7.40. The van der Waals surface area contributed by atoms with Crippen LogP contribution in [0.4, 0.5) is 0 Å². The van der Waals surface area contributed by atoms with Crippen LogP contribution in [0.1, 0.15) is 25.7 Å². The third-order valence-electron chi connectivity index (χ3n) is 2.01. The molecule has 0 aromatic heterocycles. The van der Waals surface area contributed by atoms with Gasteiger partial charge in [-0.3, -0.25) is 0 Å². The van der Waals surface area contributed by atoms with Crippen LogP contribution in [0.15, 0.2) is 11.8 Å². The highest BCUT2D eigenvalue weighted by Crippen LogP contribution is 2.20. The van der Waals surface area contributed by atoms with E-state index in [9.17, 15) is 4.79 Å². The number of allylic oxidation sites excluding steroid dienone is 1. The molecule has 1 atom stereocenters. The molecule has 13 heavy (non-hydrogen) atoms. The van der Waals surface area contributed by atoms with Crippen LogP contribution in [0.5, 0.6) is 0 Å². The lowest BCUT2D eigenvalue weighted by Gasteiger charge is -2.22. The summed E-state index contributed by atoms with van der Waals surface area (Å²) in [5, 5.41) is 17.2. The van der Waals surface area contributed by atoms with E-state index in [2.05, 4.69) is 0 Å². The number of aliphatic hydroxyl groups excluding tert-OH is 1. The second-order valence-electron chi connectivity index (χ2n) is 3.06. The number of aliphatic hydroxyl groups is 1. The average molecular weight is 186 g/mol. The summed E-state index contributed by atoms with van der Waals surface area (Å²) in [7, 11) is 0. The number of carboxylic acid groups (broad SMARTS) is 1. The van der Waals surface area contributed by atoms with Gasteiger partial charge in [0, 0.05) is 6.61 Å². The van der Waals surface area contributed by atoms with E-state index in [0.717, 1.165) is 19.3 Å². The van der Waals surface area contributed by atoms with Crippen molar-refractivity contribution in [3.05, 3.63) is 11.8 Å². The van der Waals surface area contributed by atoms with Crippen LogP contribution in [-0.4, -0.2) is 28.9 Å². The van der Waals surface area contributed by atoms with Crippen LogP contribution in [-0.2, 0) is 9.53 Å². The van der Waals surface area contributed by atoms with E-state index in [-0.39, 0.29) is 18.5 Å². The Bertz CT molecular complexity index is 210. The molecule has 0 saturated carbocycles. The van der Waals surface area contributed by atoms with Gasteiger partial charge in [-0.15, -0.1) is 0 Å². The first-order chi connectivity index (χ1) is 6.24. The monoisotopic (exact) mass is 186 g/mol. The first-order valence-corrected chi connectivity index (χ1v) is 4.45. The quantitative estimate of drug-likeness (QED) is 0.684. The van der Waals surface area contributed by atoms with Crippen molar-refractivity contribution >= 4 is 5.97 Å². The molecule has 1 unspecified atom stereocenters. The molecule has 0 bridgehead atoms. The summed E-state index contributed by atoms with van der Waals surface area (Å²) in [5.74, 6) is -0.956. The molecule has 0 radical (unpaired) electrons. The minimum atomic E-state index is -1.01. The van der Waals surface area contributed by atoms with Crippen LogP contribution in [0.3, 0.4) is 0 Å². The summed E-state index contributed by atoms with van der Waals surface area (Å²) >= 11 is 0. The summed E-state index contributed by atoms with van der Waals surface area (Å²) in [6.45, 7) is 0.131. The molecular weight excluding hydrogens is 172 g/mol. The Morgan fingerprint density at radius 1 is 1.69 bits per heavy atom. The number of rotatable bonds is 4. The van der Waals surface area contributed by atoms with Crippen molar-refractivity contribution in [2.45, 2.75) is 31.8 Å². The van der Waals surface area contributed by atoms with Gasteiger partial charge in [0.25, 0.3) is 0 Å². The summed E-state index contributed by atoms with van der Waals surface area (Å²) in [4.78, 5) is 10.5. The Kier molecular flexibility index (Phi) is 3.76. The predicted octanol–water partition coefficient (Wildman–Crippen LogP) is 0.906. The topological polar surface area (TPSA) is 66.8 Å². The average Bonchev–Trinajstić information content (AvgIpc) is 2.15. The van der Waals surface area contributed by atoms with Gasteiger partial charge in [0.2, 0.25) is 5.76 Å². The first-order valence-electron chi connectivity index (χ1n) is 4.45. The largest absolute Gasteiger partial charge is 0.483 e. The molecule has 0 aromatic rings. The molecule has 1 aliphatic rings.